The third kappa shape index (κ3) is 4.24. The first-order valence-corrected chi connectivity index (χ1v) is 13.2. The minimum atomic E-state index is -3.47. The Morgan fingerprint density at radius 3 is 2.50 bits per heavy atom. The number of hydrogen-bond donors (Lipinski definition) is 1. The number of aromatic nitrogens is 1. The van der Waals surface area contributed by atoms with Crippen molar-refractivity contribution in [3.8, 4) is 11.3 Å². The number of H-pyrrole nitrogens is 1. The molecule has 0 saturated heterocycles. The van der Waals surface area contributed by atoms with Crippen molar-refractivity contribution < 1.29 is 13.2 Å². The zero-order valence-electron chi connectivity index (χ0n) is 19.4. The molecule has 3 aromatic carbocycles. The number of benzene rings is 3. The molecule has 0 fully saturated rings. The number of hydrogen-bond acceptors (Lipinski definition) is 3. The highest BCUT2D eigenvalue weighted by Crippen LogP contribution is 2.34. The van der Waals surface area contributed by atoms with Gasteiger partial charge in [0.25, 0.3) is 0 Å². The molecule has 1 heterocycles. The minimum Gasteiger partial charge on any atom is -0.360 e. The Morgan fingerprint density at radius 1 is 0.941 bits per heavy atom. The Labute approximate surface area is 200 Å². The van der Waals surface area contributed by atoms with Crippen LogP contribution in [0.2, 0.25) is 0 Å². The second-order valence-electron chi connectivity index (χ2n) is 9.15. The third-order valence-corrected chi connectivity index (χ3v) is 8.40. The standard InChI is InChI=1S/C29H27NO3S/c1-19-7-8-20(2)23(15-19)18-34(32,33)24-12-9-21(10-13-24)16-28(31)27-17-30-29-25-6-4-3-5-22(25)11-14-26(27)29/h3-10,12-13,15,17,30H,11,14,16,18H2,1-2H3. The van der Waals surface area contributed by atoms with Gasteiger partial charge in [0, 0.05) is 29.4 Å². The highest BCUT2D eigenvalue weighted by molar-refractivity contribution is 7.90. The highest BCUT2D eigenvalue weighted by atomic mass is 32.2. The second kappa shape index (κ2) is 8.73. The van der Waals surface area contributed by atoms with Crippen LogP contribution in [0.3, 0.4) is 0 Å². The number of ketones is 1. The molecular formula is C29H27NO3S. The van der Waals surface area contributed by atoms with Crippen LogP contribution in [0, 0.1) is 13.8 Å². The maximum atomic E-state index is 13.1. The van der Waals surface area contributed by atoms with E-state index in [-0.39, 0.29) is 22.9 Å². The molecule has 0 bridgehead atoms. The van der Waals surface area contributed by atoms with E-state index in [1.807, 2.05) is 50.4 Å². The predicted molar refractivity (Wildman–Crippen MR) is 135 cm³/mol. The first kappa shape index (κ1) is 22.4. The van der Waals surface area contributed by atoms with Crippen LogP contribution in [0.15, 0.2) is 77.8 Å². The molecule has 1 N–H and O–H groups in total. The number of Topliss-reactive ketones (excluding diaryl/α,β-unsaturated/α-hetero) is 1. The van der Waals surface area contributed by atoms with Crippen molar-refractivity contribution in [3.63, 3.8) is 0 Å². The number of rotatable bonds is 6. The van der Waals surface area contributed by atoms with Gasteiger partial charge >= 0.3 is 0 Å². The molecule has 0 aliphatic heterocycles. The van der Waals surface area contributed by atoms with Crippen molar-refractivity contribution >= 4 is 15.6 Å². The fourth-order valence-electron chi connectivity index (χ4n) is 4.78. The molecule has 0 spiro atoms. The molecule has 4 nitrogen and oxygen atoms in total. The Balaban J connectivity index is 1.33. The highest BCUT2D eigenvalue weighted by Gasteiger charge is 2.23. The molecule has 1 aliphatic rings. The molecule has 4 aromatic rings. The zero-order chi connectivity index (χ0) is 23.9. The van der Waals surface area contributed by atoms with Crippen LogP contribution >= 0.6 is 0 Å². The van der Waals surface area contributed by atoms with Gasteiger partial charge in [-0.1, -0.05) is 60.2 Å². The maximum Gasteiger partial charge on any atom is 0.182 e. The van der Waals surface area contributed by atoms with E-state index >= 15 is 0 Å². The molecule has 34 heavy (non-hydrogen) atoms. The lowest BCUT2D eigenvalue weighted by atomic mass is 9.87. The molecule has 1 aromatic heterocycles. The molecule has 1 aliphatic carbocycles. The van der Waals surface area contributed by atoms with E-state index < -0.39 is 9.84 Å². The van der Waals surface area contributed by atoms with Crippen LogP contribution in [0.4, 0.5) is 0 Å². The molecule has 0 radical (unpaired) electrons. The number of aryl methyl sites for hydroxylation is 3. The topological polar surface area (TPSA) is 67.0 Å². The van der Waals surface area contributed by atoms with Gasteiger partial charge in [0.1, 0.15) is 0 Å². The van der Waals surface area contributed by atoms with E-state index in [1.165, 1.54) is 11.1 Å². The van der Waals surface area contributed by atoms with Crippen LogP contribution in [-0.2, 0) is 34.9 Å². The first-order valence-electron chi connectivity index (χ1n) is 11.5. The van der Waals surface area contributed by atoms with E-state index in [1.54, 1.807) is 24.3 Å². The summed E-state index contributed by atoms with van der Waals surface area (Å²) < 4.78 is 26.0. The number of carbonyl (C=O) groups excluding carboxylic acids is 1. The second-order valence-corrected chi connectivity index (χ2v) is 11.1. The van der Waals surface area contributed by atoms with Gasteiger partial charge in [-0.2, -0.15) is 0 Å². The molecule has 5 heteroatoms. The van der Waals surface area contributed by atoms with Crippen molar-refractivity contribution in [2.24, 2.45) is 0 Å². The van der Waals surface area contributed by atoms with Gasteiger partial charge in [-0.25, -0.2) is 8.42 Å². The number of aromatic amines is 1. The van der Waals surface area contributed by atoms with Gasteiger partial charge in [-0.05, 0) is 66.6 Å². The zero-order valence-corrected chi connectivity index (χ0v) is 20.2. The lowest BCUT2D eigenvalue weighted by Gasteiger charge is -2.17. The van der Waals surface area contributed by atoms with Crippen LogP contribution in [0.25, 0.3) is 11.3 Å². The number of fused-ring (bicyclic) bond motifs is 3. The summed E-state index contributed by atoms with van der Waals surface area (Å²) in [5.41, 5.74) is 8.95. The van der Waals surface area contributed by atoms with Crippen molar-refractivity contribution in [1.82, 2.24) is 4.98 Å². The van der Waals surface area contributed by atoms with Gasteiger partial charge in [-0.3, -0.25) is 4.79 Å². The summed E-state index contributed by atoms with van der Waals surface area (Å²) in [6.45, 7) is 3.89. The Hall–Kier alpha value is -3.44. The van der Waals surface area contributed by atoms with E-state index in [2.05, 4.69) is 17.1 Å². The average molecular weight is 470 g/mol. The Morgan fingerprint density at radius 2 is 1.71 bits per heavy atom. The maximum absolute atomic E-state index is 13.1. The van der Waals surface area contributed by atoms with E-state index in [0.717, 1.165) is 51.9 Å². The lowest BCUT2D eigenvalue weighted by molar-refractivity contribution is 0.0992. The minimum absolute atomic E-state index is 0.0320. The predicted octanol–water partition coefficient (Wildman–Crippen LogP) is 5.80. The quantitative estimate of drug-likeness (QED) is 0.363. The van der Waals surface area contributed by atoms with Crippen molar-refractivity contribution in [3.05, 3.63) is 112 Å². The molecule has 172 valence electrons. The molecule has 0 unspecified atom stereocenters. The molecule has 5 rings (SSSR count). The average Bonchev–Trinajstić information content (AvgIpc) is 3.26. The summed E-state index contributed by atoms with van der Waals surface area (Å²) in [6.07, 6.45) is 3.82. The van der Waals surface area contributed by atoms with Gasteiger partial charge in [-0.15, -0.1) is 0 Å². The summed E-state index contributed by atoms with van der Waals surface area (Å²) in [4.78, 5) is 16.7. The molecule has 0 amide bonds. The van der Waals surface area contributed by atoms with Crippen molar-refractivity contribution in [1.29, 1.82) is 0 Å². The van der Waals surface area contributed by atoms with Crippen LogP contribution in [-0.4, -0.2) is 19.2 Å². The van der Waals surface area contributed by atoms with Gasteiger partial charge < -0.3 is 4.98 Å². The largest absolute Gasteiger partial charge is 0.360 e. The smallest absolute Gasteiger partial charge is 0.182 e. The Kier molecular flexibility index (Phi) is 5.74. The summed E-state index contributed by atoms with van der Waals surface area (Å²) in [6, 6.07) is 20.9. The summed E-state index contributed by atoms with van der Waals surface area (Å²) in [5.74, 6) is 0.0123. The van der Waals surface area contributed by atoms with E-state index in [9.17, 15) is 13.2 Å². The fraction of sp³-hybridized carbons (Fsp3) is 0.207. The monoisotopic (exact) mass is 469 g/mol. The lowest BCUT2D eigenvalue weighted by Crippen LogP contribution is -2.10. The summed E-state index contributed by atoms with van der Waals surface area (Å²) in [7, 11) is -3.47. The molecular weight excluding hydrogens is 442 g/mol. The van der Waals surface area contributed by atoms with Crippen LogP contribution < -0.4 is 0 Å². The van der Waals surface area contributed by atoms with Crippen molar-refractivity contribution in [2.45, 2.75) is 43.8 Å². The van der Waals surface area contributed by atoms with E-state index in [0.29, 0.717) is 0 Å². The van der Waals surface area contributed by atoms with E-state index in [4.69, 9.17) is 0 Å². The molecule has 0 saturated carbocycles. The summed E-state index contributed by atoms with van der Waals surface area (Å²) >= 11 is 0. The fourth-order valence-corrected chi connectivity index (χ4v) is 6.22. The van der Waals surface area contributed by atoms with Crippen LogP contribution in [0.1, 0.15) is 43.7 Å². The SMILES string of the molecule is Cc1ccc(C)c(CS(=O)(=O)c2ccc(CC(=O)c3c[nH]c4c3CCc3ccccc3-4)cc2)c1. The van der Waals surface area contributed by atoms with Crippen molar-refractivity contribution in [2.75, 3.05) is 0 Å². The Bertz CT molecular complexity index is 1490. The normalized spacial score (nSPS) is 12.8. The van der Waals surface area contributed by atoms with Gasteiger partial charge in [0.2, 0.25) is 0 Å². The number of carbonyl (C=O) groups is 1. The van der Waals surface area contributed by atoms with Crippen LogP contribution in [0.5, 0.6) is 0 Å². The molecule has 0 atom stereocenters. The number of sulfone groups is 1. The summed E-state index contributed by atoms with van der Waals surface area (Å²) in [5, 5.41) is 0. The number of nitrogens with one attached hydrogen (secondary N) is 1. The third-order valence-electron chi connectivity index (χ3n) is 6.72. The first-order chi connectivity index (χ1) is 16.3. The van der Waals surface area contributed by atoms with Gasteiger partial charge in [0.15, 0.2) is 15.6 Å². The van der Waals surface area contributed by atoms with Gasteiger partial charge in [0.05, 0.1) is 10.6 Å².